The molecular formula is C12H13ClF3NO. The summed E-state index contributed by atoms with van der Waals surface area (Å²) in [6, 6.07) is 8.52. The molecule has 0 aliphatic rings. The van der Waals surface area contributed by atoms with Gasteiger partial charge in [0, 0.05) is 13.6 Å². The molecule has 1 aromatic rings. The minimum atomic E-state index is -4.27. The van der Waals surface area contributed by atoms with Gasteiger partial charge >= 0.3 is 6.18 Å². The molecule has 18 heavy (non-hydrogen) atoms. The van der Waals surface area contributed by atoms with Gasteiger partial charge in [0.05, 0.1) is 6.42 Å². The summed E-state index contributed by atoms with van der Waals surface area (Å²) in [6.07, 6.45) is -5.31. The molecule has 0 saturated heterocycles. The number of nitrogens with zero attached hydrogens (tertiary/aromatic N) is 1. The third-order valence-corrected chi connectivity index (χ3v) is 2.85. The van der Waals surface area contributed by atoms with Crippen LogP contribution in [0.3, 0.4) is 0 Å². The van der Waals surface area contributed by atoms with E-state index in [9.17, 15) is 18.0 Å². The minimum Gasteiger partial charge on any atom is -0.344 e. The minimum absolute atomic E-state index is 0.390. The van der Waals surface area contributed by atoms with Gasteiger partial charge in [0.1, 0.15) is 5.38 Å². The number of hydrogen-bond donors (Lipinski definition) is 0. The van der Waals surface area contributed by atoms with Crippen molar-refractivity contribution in [3.8, 4) is 0 Å². The predicted octanol–water partition coefficient (Wildman–Crippen LogP) is 3.38. The van der Waals surface area contributed by atoms with Crippen LogP contribution >= 0.6 is 11.6 Å². The van der Waals surface area contributed by atoms with E-state index in [1.54, 1.807) is 30.3 Å². The zero-order chi connectivity index (χ0) is 13.8. The molecule has 1 atom stereocenters. The fraction of sp³-hybridized carbons (Fsp3) is 0.417. The Hall–Kier alpha value is -1.23. The molecule has 0 N–H and O–H groups in total. The molecule has 0 aliphatic carbocycles. The van der Waals surface area contributed by atoms with Crippen molar-refractivity contribution in [2.75, 3.05) is 13.6 Å². The average molecular weight is 280 g/mol. The van der Waals surface area contributed by atoms with Crippen molar-refractivity contribution in [2.45, 2.75) is 18.0 Å². The van der Waals surface area contributed by atoms with Gasteiger partial charge in [-0.25, -0.2) is 0 Å². The lowest BCUT2D eigenvalue weighted by atomic mass is 10.1. The zero-order valence-corrected chi connectivity index (χ0v) is 10.5. The van der Waals surface area contributed by atoms with Crippen LogP contribution in [0.5, 0.6) is 0 Å². The summed E-state index contributed by atoms with van der Waals surface area (Å²) in [7, 11) is 1.31. The van der Waals surface area contributed by atoms with Gasteiger partial charge in [-0.1, -0.05) is 30.3 Å². The van der Waals surface area contributed by atoms with E-state index >= 15 is 0 Å². The first kappa shape index (κ1) is 14.8. The molecule has 2 nitrogen and oxygen atoms in total. The maximum atomic E-state index is 12.0. The SMILES string of the molecule is CN(CCC(F)(F)F)C(=O)C(Cl)c1ccccc1. The van der Waals surface area contributed by atoms with Crippen molar-refractivity contribution >= 4 is 17.5 Å². The Morgan fingerprint density at radius 2 is 1.89 bits per heavy atom. The first-order valence-electron chi connectivity index (χ1n) is 5.32. The molecule has 0 bridgehead atoms. The molecule has 1 rings (SSSR count). The molecule has 1 amide bonds. The Bertz CT molecular complexity index is 394. The van der Waals surface area contributed by atoms with Crippen LogP contribution in [0.2, 0.25) is 0 Å². The van der Waals surface area contributed by atoms with Crippen LogP contribution in [0.25, 0.3) is 0 Å². The van der Waals surface area contributed by atoms with Crippen LogP contribution in [0.4, 0.5) is 13.2 Å². The Kier molecular flexibility index (Phi) is 5.02. The summed E-state index contributed by atoms with van der Waals surface area (Å²) in [5.74, 6) is -0.535. The molecule has 1 aromatic carbocycles. The van der Waals surface area contributed by atoms with Crippen molar-refractivity contribution in [1.29, 1.82) is 0 Å². The lowest BCUT2D eigenvalue weighted by molar-refractivity contribution is -0.143. The third-order valence-electron chi connectivity index (χ3n) is 2.42. The Labute approximate surface area is 108 Å². The number of carbonyl (C=O) groups is 1. The van der Waals surface area contributed by atoms with E-state index in [0.29, 0.717) is 5.56 Å². The molecule has 0 heterocycles. The number of amides is 1. The van der Waals surface area contributed by atoms with Gasteiger partial charge in [0.2, 0.25) is 5.91 Å². The Balaban J connectivity index is 2.59. The number of benzene rings is 1. The second kappa shape index (κ2) is 6.09. The zero-order valence-electron chi connectivity index (χ0n) is 9.75. The summed E-state index contributed by atoms with van der Waals surface area (Å²) < 4.78 is 36.1. The van der Waals surface area contributed by atoms with E-state index in [1.807, 2.05) is 0 Å². The van der Waals surface area contributed by atoms with Gasteiger partial charge in [-0.05, 0) is 5.56 Å². The second-order valence-electron chi connectivity index (χ2n) is 3.90. The van der Waals surface area contributed by atoms with Gasteiger partial charge in [-0.2, -0.15) is 13.2 Å². The van der Waals surface area contributed by atoms with E-state index in [1.165, 1.54) is 7.05 Å². The molecule has 6 heteroatoms. The summed E-state index contributed by atoms with van der Waals surface area (Å²) in [5, 5.41) is -0.954. The highest BCUT2D eigenvalue weighted by molar-refractivity contribution is 6.30. The van der Waals surface area contributed by atoms with Crippen molar-refractivity contribution in [2.24, 2.45) is 0 Å². The molecule has 1 unspecified atom stereocenters. The Morgan fingerprint density at radius 1 is 1.33 bits per heavy atom. The fourth-order valence-electron chi connectivity index (χ4n) is 1.36. The predicted molar refractivity (Wildman–Crippen MR) is 63.3 cm³/mol. The van der Waals surface area contributed by atoms with Gasteiger partial charge in [0.25, 0.3) is 0 Å². The van der Waals surface area contributed by atoms with Gasteiger partial charge in [-0.3, -0.25) is 4.79 Å². The van der Waals surface area contributed by atoms with Crippen LogP contribution in [0.1, 0.15) is 17.4 Å². The van der Waals surface area contributed by atoms with Crippen LogP contribution in [-0.4, -0.2) is 30.6 Å². The van der Waals surface area contributed by atoms with Crippen LogP contribution in [0.15, 0.2) is 30.3 Å². The van der Waals surface area contributed by atoms with Crippen molar-refractivity contribution in [3.63, 3.8) is 0 Å². The van der Waals surface area contributed by atoms with Crippen LogP contribution in [-0.2, 0) is 4.79 Å². The van der Waals surface area contributed by atoms with E-state index in [-0.39, 0.29) is 0 Å². The maximum Gasteiger partial charge on any atom is 0.390 e. The van der Waals surface area contributed by atoms with Crippen molar-refractivity contribution in [1.82, 2.24) is 4.90 Å². The number of halogens is 4. The lowest BCUT2D eigenvalue weighted by Gasteiger charge is -2.21. The highest BCUT2D eigenvalue weighted by Crippen LogP contribution is 2.24. The fourth-order valence-corrected chi connectivity index (χ4v) is 1.67. The highest BCUT2D eigenvalue weighted by atomic mass is 35.5. The number of rotatable bonds is 4. The summed E-state index contributed by atoms with van der Waals surface area (Å²) in [6.45, 7) is -0.390. The van der Waals surface area contributed by atoms with Crippen molar-refractivity contribution < 1.29 is 18.0 Å². The quantitative estimate of drug-likeness (QED) is 0.774. The molecule has 0 fully saturated rings. The molecule has 0 radical (unpaired) electrons. The smallest absolute Gasteiger partial charge is 0.344 e. The first-order chi connectivity index (χ1) is 8.31. The molecular weight excluding hydrogens is 267 g/mol. The maximum absolute atomic E-state index is 12.0. The number of alkyl halides is 4. The number of hydrogen-bond acceptors (Lipinski definition) is 1. The molecule has 0 spiro atoms. The normalized spacial score (nSPS) is 13.2. The monoisotopic (exact) mass is 279 g/mol. The average Bonchev–Trinajstić information content (AvgIpc) is 2.34. The third kappa shape index (κ3) is 4.56. The van der Waals surface area contributed by atoms with Crippen molar-refractivity contribution in [3.05, 3.63) is 35.9 Å². The van der Waals surface area contributed by atoms with E-state index < -0.39 is 30.4 Å². The molecule has 0 aromatic heterocycles. The summed E-state index contributed by atoms with van der Waals surface area (Å²) in [5.41, 5.74) is 0.572. The van der Waals surface area contributed by atoms with E-state index in [0.717, 1.165) is 4.90 Å². The van der Waals surface area contributed by atoms with Gasteiger partial charge in [0.15, 0.2) is 0 Å². The first-order valence-corrected chi connectivity index (χ1v) is 5.75. The van der Waals surface area contributed by atoms with Crippen LogP contribution in [0, 0.1) is 0 Å². The lowest BCUT2D eigenvalue weighted by Crippen LogP contribution is -2.32. The second-order valence-corrected chi connectivity index (χ2v) is 4.33. The molecule has 0 saturated carbocycles. The standard InChI is InChI=1S/C12H13ClF3NO/c1-17(8-7-12(14,15)16)11(18)10(13)9-5-3-2-4-6-9/h2-6,10H,7-8H2,1H3. The van der Waals surface area contributed by atoms with E-state index in [2.05, 4.69) is 0 Å². The van der Waals surface area contributed by atoms with Gasteiger partial charge < -0.3 is 4.90 Å². The summed E-state index contributed by atoms with van der Waals surface area (Å²) >= 11 is 5.93. The highest BCUT2D eigenvalue weighted by Gasteiger charge is 2.29. The van der Waals surface area contributed by atoms with Crippen LogP contribution < -0.4 is 0 Å². The number of carbonyl (C=O) groups excluding carboxylic acids is 1. The number of likely N-dealkylation sites (N-methyl/N-ethyl adjacent to an activating group) is 1. The largest absolute Gasteiger partial charge is 0.390 e. The Morgan fingerprint density at radius 3 is 2.39 bits per heavy atom. The molecule has 100 valence electrons. The molecule has 0 aliphatic heterocycles. The van der Waals surface area contributed by atoms with E-state index in [4.69, 9.17) is 11.6 Å². The topological polar surface area (TPSA) is 20.3 Å². The summed E-state index contributed by atoms with van der Waals surface area (Å²) in [4.78, 5) is 12.8. The van der Waals surface area contributed by atoms with Gasteiger partial charge in [-0.15, -0.1) is 11.6 Å².